The van der Waals surface area contributed by atoms with Crippen molar-refractivity contribution in [2.75, 3.05) is 6.54 Å². The van der Waals surface area contributed by atoms with Gasteiger partial charge in [0, 0.05) is 6.07 Å². The second kappa shape index (κ2) is 5.87. The summed E-state index contributed by atoms with van der Waals surface area (Å²) in [6.07, 6.45) is 4.60. The van der Waals surface area contributed by atoms with Gasteiger partial charge >= 0.3 is 5.69 Å². The number of halogens is 1. The monoisotopic (exact) mass is 280 g/mol. The lowest BCUT2D eigenvalue weighted by Crippen LogP contribution is -2.36. The van der Waals surface area contributed by atoms with Crippen LogP contribution >= 0.6 is 0 Å². The van der Waals surface area contributed by atoms with Gasteiger partial charge in [-0.1, -0.05) is 31.9 Å². The van der Waals surface area contributed by atoms with Crippen LogP contribution in [0.3, 0.4) is 0 Å². The maximum Gasteiger partial charge on any atom is 0.305 e. The average Bonchev–Trinajstić information content (AvgIpc) is 2.43. The summed E-state index contributed by atoms with van der Waals surface area (Å²) in [7, 11) is 0. The Morgan fingerprint density at radius 3 is 2.65 bits per heavy atom. The Hall–Kier alpha value is -1.49. The smallest absolute Gasteiger partial charge is 0.305 e. The van der Waals surface area contributed by atoms with Crippen LogP contribution in [0, 0.1) is 27.3 Å². The Kier molecular flexibility index (Phi) is 4.38. The van der Waals surface area contributed by atoms with Gasteiger partial charge in [0.2, 0.25) is 5.82 Å². The molecule has 1 aliphatic rings. The molecule has 0 aliphatic heterocycles. The topological polar surface area (TPSA) is 69.2 Å². The highest BCUT2D eigenvalue weighted by atomic mass is 19.1. The van der Waals surface area contributed by atoms with E-state index in [9.17, 15) is 14.5 Å². The summed E-state index contributed by atoms with van der Waals surface area (Å²) in [5.41, 5.74) is 5.78. The first kappa shape index (κ1) is 14.9. The van der Waals surface area contributed by atoms with E-state index in [1.54, 1.807) is 12.1 Å². The Balaban J connectivity index is 2.24. The van der Waals surface area contributed by atoms with Crippen LogP contribution in [0.25, 0.3) is 0 Å². The molecule has 2 rings (SSSR count). The first-order valence-corrected chi connectivity index (χ1v) is 7.09. The van der Waals surface area contributed by atoms with Gasteiger partial charge in [0.25, 0.3) is 0 Å². The molecule has 2 N–H and O–H groups in total. The maximum absolute atomic E-state index is 14.2. The van der Waals surface area contributed by atoms with Crippen LogP contribution in [0.1, 0.15) is 38.2 Å². The van der Waals surface area contributed by atoms with Crippen molar-refractivity contribution in [1.29, 1.82) is 0 Å². The molecule has 20 heavy (non-hydrogen) atoms. The average molecular weight is 280 g/mol. The molecule has 0 bridgehead atoms. The Morgan fingerprint density at radius 1 is 1.45 bits per heavy atom. The van der Waals surface area contributed by atoms with Crippen molar-refractivity contribution in [3.63, 3.8) is 0 Å². The molecule has 5 heteroatoms. The lowest BCUT2D eigenvalue weighted by molar-refractivity contribution is -0.387. The van der Waals surface area contributed by atoms with Crippen LogP contribution in [0.2, 0.25) is 0 Å². The van der Waals surface area contributed by atoms with Crippen molar-refractivity contribution in [1.82, 2.24) is 0 Å². The fourth-order valence-electron chi connectivity index (χ4n) is 3.08. The number of hydrogen-bond acceptors (Lipinski definition) is 3. The van der Waals surface area contributed by atoms with E-state index in [1.165, 1.54) is 6.07 Å². The van der Waals surface area contributed by atoms with Crippen LogP contribution in [0.15, 0.2) is 18.2 Å². The van der Waals surface area contributed by atoms with Crippen molar-refractivity contribution in [2.45, 2.75) is 39.0 Å². The molecule has 0 radical (unpaired) electrons. The van der Waals surface area contributed by atoms with Gasteiger partial charge in [0.15, 0.2) is 0 Å². The zero-order valence-corrected chi connectivity index (χ0v) is 11.8. The predicted octanol–water partition coefficient (Wildman–Crippen LogP) is 3.43. The second-order valence-electron chi connectivity index (χ2n) is 6.07. The minimum absolute atomic E-state index is 0.109. The number of nitrogens with two attached hydrogens (primary N) is 1. The van der Waals surface area contributed by atoms with Gasteiger partial charge < -0.3 is 5.73 Å². The summed E-state index contributed by atoms with van der Waals surface area (Å²) < 4.78 is 14.2. The number of nitro groups is 1. The molecule has 0 atom stereocenters. The molecule has 4 nitrogen and oxygen atoms in total. The van der Waals surface area contributed by atoms with Crippen LogP contribution in [0.4, 0.5) is 10.1 Å². The number of rotatable bonds is 4. The number of nitrogens with zero attached hydrogens (tertiary/aromatic N) is 1. The van der Waals surface area contributed by atoms with E-state index in [2.05, 4.69) is 6.92 Å². The molecule has 0 aromatic heterocycles. The molecule has 1 aromatic carbocycles. The van der Waals surface area contributed by atoms with Gasteiger partial charge in [-0.05, 0) is 42.7 Å². The van der Waals surface area contributed by atoms with E-state index in [-0.39, 0.29) is 5.41 Å². The molecule has 0 heterocycles. The zero-order chi connectivity index (χ0) is 14.8. The zero-order valence-electron chi connectivity index (χ0n) is 11.8. The molecule has 110 valence electrons. The maximum atomic E-state index is 14.2. The first-order valence-electron chi connectivity index (χ1n) is 7.09. The molecule has 1 aromatic rings. The van der Waals surface area contributed by atoms with E-state index in [1.807, 2.05) is 0 Å². The number of nitro benzene ring substituents is 1. The molecule has 1 aliphatic carbocycles. The first-order chi connectivity index (χ1) is 9.47. The third-order valence-corrected chi connectivity index (χ3v) is 4.59. The quantitative estimate of drug-likeness (QED) is 0.678. The van der Waals surface area contributed by atoms with Gasteiger partial charge in [-0.25, -0.2) is 0 Å². The minimum Gasteiger partial charge on any atom is -0.330 e. The van der Waals surface area contributed by atoms with E-state index >= 15 is 0 Å². The Morgan fingerprint density at radius 2 is 2.10 bits per heavy atom. The van der Waals surface area contributed by atoms with E-state index in [0.29, 0.717) is 24.4 Å². The van der Waals surface area contributed by atoms with Gasteiger partial charge in [-0.2, -0.15) is 4.39 Å². The summed E-state index contributed by atoms with van der Waals surface area (Å²) in [5, 5.41) is 10.8. The van der Waals surface area contributed by atoms with Gasteiger partial charge in [0.1, 0.15) is 0 Å². The van der Waals surface area contributed by atoms with E-state index in [0.717, 1.165) is 25.7 Å². The molecular formula is C15H21FN2O2. The largest absolute Gasteiger partial charge is 0.330 e. The number of benzene rings is 1. The van der Waals surface area contributed by atoms with Crippen LogP contribution in [-0.4, -0.2) is 11.5 Å². The van der Waals surface area contributed by atoms with Gasteiger partial charge in [-0.3, -0.25) is 10.1 Å². The molecule has 0 spiro atoms. The SMILES string of the molecule is CC1CCC(CN)(Cc2cccc([N+](=O)[O-])c2F)CC1. The number of hydrogen-bond donors (Lipinski definition) is 1. The van der Waals surface area contributed by atoms with Crippen LogP contribution in [0.5, 0.6) is 0 Å². The highest BCUT2D eigenvalue weighted by Crippen LogP contribution is 2.41. The van der Waals surface area contributed by atoms with Gasteiger partial charge in [-0.15, -0.1) is 0 Å². The van der Waals surface area contributed by atoms with Crippen LogP contribution in [-0.2, 0) is 6.42 Å². The van der Waals surface area contributed by atoms with Crippen molar-refractivity contribution in [3.05, 3.63) is 39.7 Å². The molecule has 0 amide bonds. The van der Waals surface area contributed by atoms with Crippen molar-refractivity contribution < 1.29 is 9.31 Å². The van der Waals surface area contributed by atoms with Gasteiger partial charge in [0.05, 0.1) is 4.92 Å². The molecular weight excluding hydrogens is 259 g/mol. The van der Waals surface area contributed by atoms with Crippen molar-refractivity contribution >= 4 is 5.69 Å². The highest BCUT2D eigenvalue weighted by Gasteiger charge is 2.34. The summed E-state index contributed by atoms with van der Waals surface area (Å²) >= 11 is 0. The minimum atomic E-state index is -0.705. The molecule has 0 saturated heterocycles. The third kappa shape index (κ3) is 2.98. The lowest BCUT2D eigenvalue weighted by Gasteiger charge is -2.38. The van der Waals surface area contributed by atoms with Crippen molar-refractivity contribution in [3.8, 4) is 0 Å². The summed E-state index contributed by atoms with van der Waals surface area (Å²) in [6.45, 7) is 2.72. The molecule has 1 saturated carbocycles. The fourth-order valence-corrected chi connectivity index (χ4v) is 3.08. The van der Waals surface area contributed by atoms with Crippen molar-refractivity contribution in [2.24, 2.45) is 17.1 Å². The van der Waals surface area contributed by atoms with E-state index < -0.39 is 16.4 Å². The second-order valence-corrected chi connectivity index (χ2v) is 6.07. The molecule has 1 fully saturated rings. The Bertz CT molecular complexity index is 497. The third-order valence-electron chi connectivity index (χ3n) is 4.59. The predicted molar refractivity (Wildman–Crippen MR) is 75.9 cm³/mol. The normalized spacial score (nSPS) is 26.4. The van der Waals surface area contributed by atoms with E-state index in [4.69, 9.17) is 5.73 Å². The Labute approximate surface area is 118 Å². The van der Waals surface area contributed by atoms with Crippen LogP contribution < -0.4 is 5.73 Å². The summed E-state index contributed by atoms with van der Waals surface area (Å²) in [4.78, 5) is 10.1. The highest BCUT2D eigenvalue weighted by molar-refractivity contribution is 5.37. The lowest BCUT2D eigenvalue weighted by atomic mass is 9.68. The standard InChI is InChI=1S/C15H21FN2O2/c1-11-5-7-15(10-17,8-6-11)9-12-3-2-4-13(14(12)16)18(19)20/h2-4,11H,5-10,17H2,1H3. The summed E-state index contributed by atoms with van der Waals surface area (Å²) in [6, 6.07) is 4.39. The fraction of sp³-hybridized carbons (Fsp3) is 0.600. The molecule has 0 unspecified atom stereocenters. The summed E-state index contributed by atoms with van der Waals surface area (Å²) in [5.74, 6) is -0.0198.